The second-order valence-electron chi connectivity index (χ2n) is 5.46. The summed E-state index contributed by atoms with van der Waals surface area (Å²) in [6.45, 7) is 8.78. The standard InChI is InChI=1S/C14H26N2O3S/c1-5-14(6-2,12(17)18)9-15-13(19)16-7-8-20-11(4)10(16)3/h10-11H,5-9H2,1-4H3,(H,15,19)(H,17,18). The summed E-state index contributed by atoms with van der Waals surface area (Å²) in [5.74, 6) is 0.100. The number of carbonyl (C=O) groups is 2. The summed E-state index contributed by atoms with van der Waals surface area (Å²) >= 11 is 1.87. The highest BCUT2D eigenvalue weighted by Crippen LogP contribution is 2.27. The molecule has 1 saturated heterocycles. The summed E-state index contributed by atoms with van der Waals surface area (Å²) in [5.41, 5.74) is -0.852. The summed E-state index contributed by atoms with van der Waals surface area (Å²) in [7, 11) is 0. The van der Waals surface area contributed by atoms with Gasteiger partial charge in [-0.25, -0.2) is 4.79 Å². The van der Waals surface area contributed by atoms with Gasteiger partial charge in [-0.05, 0) is 19.8 Å². The SMILES string of the molecule is CCC(CC)(CNC(=O)N1CCSC(C)C1C)C(=O)O. The van der Waals surface area contributed by atoms with E-state index in [1.54, 1.807) is 0 Å². The van der Waals surface area contributed by atoms with E-state index in [0.29, 0.717) is 18.1 Å². The molecule has 0 radical (unpaired) electrons. The van der Waals surface area contributed by atoms with Crippen LogP contribution in [0.1, 0.15) is 40.5 Å². The first-order chi connectivity index (χ1) is 9.38. The van der Waals surface area contributed by atoms with Gasteiger partial charge in [-0.2, -0.15) is 11.8 Å². The minimum Gasteiger partial charge on any atom is -0.481 e. The van der Waals surface area contributed by atoms with Crippen LogP contribution in [-0.4, -0.2) is 52.1 Å². The van der Waals surface area contributed by atoms with Crippen molar-refractivity contribution in [2.45, 2.75) is 51.8 Å². The Bertz CT molecular complexity index is 358. The molecule has 6 heteroatoms. The molecule has 116 valence electrons. The molecule has 0 saturated carbocycles. The van der Waals surface area contributed by atoms with Crippen molar-refractivity contribution in [3.8, 4) is 0 Å². The van der Waals surface area contributed by atoms with Gasteiger partial charge in [-0.3, -0.25) is 4.79 Å². The number of amides is 2. The second-order valence-corrected chi connectivity index (χ2v) is 6.95. The normalized spacial score (nSPS) is 23.5. The fourth-order valence-electron chi connectivity index (χ4n) is 2.44. The Balaban J connectivity index is 2.64. The summed E-state index contributed by atoms with van der Waals surface area (Å²) in [6, 6.07) is 0.0356. The van der Waals surface area contributed by atoms with Crippen LogP contribution in [0.15, 0.2) is 0 Å². The molecule has 1 fully saturated rings. The first-order valence-corrected chi connectivity index (χ1v) is 8.32. The number of rotatable bonds is 5. The molecule has 1 aliphatic rings. The minimum absolute atomic E-state index is 0.142. The van der Waals surface area contributed by atoms with E-state index in [1.165, 1.54) is 0 Å². The van der Waals surface area contributed by atoms with Crippen LogP contribution >= 0.6 is 11.8 Å². The molecule has 0 aliphatic carbocycles. The lowest BCUT2D eigenvalue weighted by Crippen LogP contribution is -2.54. The van der Waals surface area contributed by atoms with Crippen LogP contribution in [0, 0.1) is 5.41 Å². The summed E-state index contributed by atoms with van der Waals surface area (Å²) in [5, 5.41) is 12.6. The minimum atomic E-state index is -0.852. The van der Waals surface area contributed by atoms with E-state index in [0.717, 1.165) is 12.3 Å². The number of hydrogen-bond donors (Lipinski definition) is 2. The number of nitrogens with zero attached hydrogens (tertiary/aromatic N) is 1. The average molecular weight is 302 g/mol. The van der Waals surface area contributed by atoms with Gasteiger partial charge in [0.15, 0.2) is 0 Å². The van der Waals surface area contributed by atoms with Crippen LogP contribution < -0.4 is 5.32 Å². The molecule has 2 unspecified atom stereocenters. The molecule has 0 bridgehead atoms. The number of carboxylic acid groups (broad SMARTS) is 1. The van der Waals surface area contributed by atoms with Gasteiger partial charge in [0.1, 0.15) is 0 Å². The summed E-state index contributed by atoms with van der Waals surface area (Å²) in [6.07, 6.45) is 1.03. The lowest BCUT2D eigenvalue weighted by Gasteiger charge is -2.38. The van der Waals surface area contributed by atoms with Crippen LogP contribution in [0.3, 0.4) is 0 Å². The van der Waals surface area contributed by atoms with E-state index in [2.05, 4.69) is 12.2 Å². The van der Waals surface area contributed by atoms with Gasteiger partial charge in [0.25, 0.3) is 0 Å². The Morgan fingerprint density at radius 2 is 1.95 bits per heavy atom. The molecule has 2 atom stereocenters. The van der Waals surface area contributed by atoms with Crippen LogP contribution in [0.4, 0.5) is 4.79 Å². The molecular formula is C14H26N2O3S. The molecule has 1 aliphatic heterocycles. The Labute approximate surface area is 125 Å². The van der Waals surface area contributed by atoms with Gasteiger partial charge in [0.05, 0.1) is 5.41 Å². The zero-order chi connectivity index (χ0) is 15.3. The van der Waals surface area contributed by atoms with E-state index in [1.807, 2.05) is 37.4 Å². The third kappa shape index (κ3) is 3.59. The predicted octanol–water partition coefficient (Wildman–Crippen LogP) is 2.41. The summed E-state index contributed by atoms with van der Waals surface area (Å²) < 4.78 is 0. The lowest BCUT2D eigenvalue weighted by molar-refractivity contribution is -0.149. The largest absolute Gasteiger partial charge is 0.481 e. The maximum absolute atomic E-state index is 12.3. The third-order valence-electron chi connectivity index (χ3n) is 4.53. The van der Waals surface area contributed by atoms with Crippen LogP contribution in [0.5, 0.6) is 0 Å². The highest BCUT2D eigenvalue weighted by Gasteiger charge is 2.36. The van der Waals surface area contributed by atoms with E-state index in [-0.39, 0.29) is 18.6 Å². The van der Waals surface area contributed by atoms with Gasteiger partial charge in [-0.1, -0.05) is 20.8 Å². The first-order valence-electron chi connectivity index (χ1n) is 7.27. The Hall–Kier alpha value is -0.910. The Morgan fingerprint density at radius 3 is 2.45 bits per heavy atom. The summed E-state index contributed by atoms with van der Waals surface area (Å²) in [4.78, 5) is 25.5. The van der Waals surface area contributed by atoms with Gasteiger partial charge < -0.3 is 15.3 Å². The number of aliphatic carboxylic acids is 1. The molecule has 0 spiro atoms. The Morgan fingerprint density at radius 1 is 1.35 bits per heavy atom. The number of nitrogens with one attached hydrogen (secondary N) is 1. The molecule has 1 rings (SSSR count). The van der Waals surface area contributed by atoms with E-state index >= 15 is 0 Å². The number of hydrogen-bond acceptors (Lipinski definition) is 3. The average Bonchev–Trinajstić information content (AvgIpc) is 2.43. The van der Waals surface area contributed by atoms with Crippen LogP contribution in [-0.2, 0) is 4.79 Å². The molecule has 2 amide bonds. The fraction of sp³-hybridized carbons (Fsp3) is 0.857. The second kappa shape index (κ2) is 7.20. The smallest absolute Gasteiger partial charge is 0.317 e. The van der Waals surface area contributed by atoms with Crippen molar-refractivity contribution in [1.82, 2.24) is 10.2 Å². The number of carboxylic acids is 1. The van der Waals surface area contributed by atoms with Gasteiger partial charge in [-0.15, -0.1) is 0 Å². The number of carbonyl (C=O) groups excluding carboxylic acids is 1. The molecular weight excluding hydrogens is 276 g/mol. The fourth-order valence-corrected chi connectivity index (χ4v) is 3.54. The van der Waals surface area contributed by atoms with Crippen molar-refractivity contribution in [1.29, 1.82) is 0 Å². The predicted molar refractivity (Wildman–Crippen MR) is 82.1 cm³/mol. The quantitative estimate of drug-likeness (QED) is 0.818. The number of urea groups is 1. The highest BCUT2D eigenvalue weighted by molar-refractivity contribution is 8.00. The van der Waals surface area contributed by atoms with Crippen molar-refractivity contribution in [2.75, 3.05) is 18.8 Å². The topological polar surface area (TPSA) is 69.6 Å². The van der Waals surface area contributed by atoms with Crippen molar-refractivity contribution in [2.24, 2.45) is 5.41 Å². The van der Waals surface area contributed by atoms with Gasteiger partial charge >= 0.3 is 12.0 Å². The van der Waals surface area contributed by atoms with Gasteiger partial charge in [0, 0.05) is 30.1 Å². The van der Waals surface area contributed by atoms with Crippen molar-refractivity contribution >= 4 is 23.8 Å². The maximum atomic E-state index is 12.3. The molecule has 2 N–H and O–H groups in total. The molecule has 0 aromatic rings. The monoisotopic (exact) mass is 302 g/mol. The third-order valence-corrected chi connectivity index (χ3v) is 5.87. The molecule has 0 aromatic heterocycles. The highest BCUT2D eigenvalue weighted by atomic mass is 32.2. The zero-order valence-electron chi connectivity index (χ0n) is 12.8. The lowest BCUT2D eigenvalue weighted by atomic mass is 9.82. The zero-order valence-corrected chi connectivity index (χ0v) is 13.6. The van der Waals surface area contributed by atoms with E-state index in [9.17, 15) is 14.7 Å². The molecule has 5 nitrogen and oxygen atoms in total. The maximum Gasteiger partial charge on any atom is 0.317 e. The van der Waals surface area contributed by atoms with E-state index < -0.39 is 11.4 Å². The van der Waals surface area contributed by atoms with Crippen LogP contribution in [0.2, 0.25) is 0 Å². The van der Waals surface area contributed by atoms with E-state index in [4.69, 9.17) is 0 Å². The van der Waals surface area contributed by atoms with Crippen molar-refractivity contribution < 1.29 is 14.7 Å². The molecule has 0 aromatic carbocycles. The van der Waals surface area contributed by atoms with Crippen molar-refractivity contribution in [3.63, 3.8) is 0 Å². The van der Waals surface area contributed by atoms with Gasteiger partial charge in [0.2, 0.25) is 0 Å². The molecule has 1 heterocycles. The number of thioether (sulfide) groups is 1. The van der Waals surface area contributed by atoms with Crippen molar-refractivity contribution in [3.05, 3.63) is 0 Å². The first kappa shape index (κ1) is 17.1. The Kier molecular flexibility index (Phi) is 6.17. The molecule has 20 heavy (non-hydrogen) atoms. The van der Waals surface area contributed by atoms with Crippen LogP contribution in [0.25, 0.3) is 0 Å².